The summed E-state index contributed by atoms with van der Waals surface area (Å²) in [5.41, 5.74) is 2.12. The Kier molecular flexibility index (Phi) is 1.23. The number of fused-ring (bicyclic) bond motifs is 3. The maximum atomic E-state index is 8.88. The maximum absolute atomic E-state index is 8.88. The molecule has 0 saturated carbocycles. The molecule has 14 heavy (non-hydrogen) atoms. The number of furan rings is 1. The minimum atomic E-state index is 0.560. The van der Waals surface area contributed by atoms with Crippen LogP contribution in [0.15, 0.2) is 34.9 Å². The van der Waals surface area contributed by atoms with Crippen LogP contribution in [-0.4, -0.2) is 4.98 Å². The molecule has 1 aromatic carbocycles. The number of hydrogen-bond donors (Lipinski definition) is 1. The standard InChI is InChI=1S/C11H6N2O/c12-5-8-11-7-3-1-2-4-9(7)14-10(11)6-13-8/h1-4,6,13H. The molecular weight excluding hydrogens is 176 g/mol. The zero-order valence-corrected chi connectivity index (χ0v) is 7.24. The quantitative estimate of drug-likeness (QED) is 0.581. The van der Waals surface area contributed by atoms with E-state index in [1.807, 2.05) is 24.3 Å². The van der Waals surface area contributed by atoms with Crippen molar-refractivity contribution in [2.75, 3.05) is 0 Å². The van der Waals surface area contributed by atoms with Gasteiger partial charge in [0.25, 0.3) is 0 Å². The van der Waals surface area contributed by atoms with Crippen molar-refractivity contribution in [3.8, 4) is 6.07 Å². The van der Waals surface area contributed by atoms with E-state index in [1.165, 1.54) is 0 Å². The molecular formula is C11H6N2O. The number of aromatic amines is 1. The van der Waals surface area contributed by atoms with Gasteiger partial charge in [0.05, 0.1) is 5.39 Å². The number of nitrogens with zero attached hydrogens (tertiary/aromatic N) is 1. The van der Waals surface area contributed by atoms with Crippen LogP contribution >= 0.6 is 0 Å². The van der Waals surface area contributed by atoms with E-state index in [0.717, 1.165) is 21.9 Å². The zero-order valence-electron chi connectivity index (χ0n) is 7.24. The summed E-state index contributed by atoms with van der Waals surface area (Å²) in [7, 11) is 0. The van der Waals surface area contributed by atoms with Crippen LogP contribution in [-0.2, 0) is 0 Å². The van der Waals surface area contributed by atoms with Gasteiger partial charge in [0.2, 0.25) is 0 Å². The van der Waals surface area contributed by atoms with Gasteiger partial charge in [0.15, 0.2) is 5.58 Å². The van der Waals surface area contributed by atoms with E-state index >= 15 is 0 Å². The second-order valence-corrected chi connectivity index (χ2v) is 3.11. The fourth-order valence-electron chi connectivity index (χ4n) is 1.72. The minimum Gasteiger partial charge on any atom is -0.454 e. The Morgan fingerprint density at radius 1 is 1.21 bits per heavy atom. The van der Waals surface area contributed by atoms with E-state index in [1.54, 1.807) is 6.20 Å². The first-order chi connectivity index (χ1) is 6.90. The van der Waals surface area contributed by atoms with Crippen molar-refractivity contribution >= 4 is 21.9 Å². The zero-order chi connectivity index (χ0) is 9.54. The Morgan fingerprint density at radius 3 is 2.93 bits per heavy atom. The average Bonchev–Trinajstić information content (AvgIpc) is 2.75. The molecule has 0 aliphatic rings. The van der Waals surface area contributed by atoms with Crippen LogP contribution in [0.2, 0.25) is 0 Å². The van der Waals surface area contributed by atoms with Crippen LogP contribution in [0.1, 0.15) is 5.69 Å². The topological polar surface area (TPSA) is 52.7 Å². The number of aromatic nitrogens is 1. The van der Waals surface area contributed by atoms with Gasteiger partial charge >= 0.3 is 0 Å². The molecule has 0 aliphatic heterocycles. The van der Waals surface area contributed by atoms with Crippen molar-refractivity contribution in [2.45, 2.75) is 0 Å². The first-order valence-corrected chi connectivity index (χ1v) is 4.29. The molecule has 0 unspecified atom stereocenters. The van der Waals surface area contributed by atoms with Crippen molar-refractivity contribution < 1.29 is 4.42 Å². The van der Waals surface area contributed by atoms with Gasteiger partial charge in [-0.25, -0.2) is 0 Å². The normalized spacial score (nSPS) is 10.8. The first-order valence-electron chi connectivity index (χ1n) is 4.29. The smallest absolute Gasteiger partial charge is 0.154 e. The van der Waals surface area contributed by atoms with Gasteiger partial charge in [0, 0.05) is 11.6 Å². The maximum Gasteiger partial charge on any atom is 0.154 e. The molecule has 0 spiro atoms. The molecule has 3 aromatic rings. The Bertz CT molecular complexity index is 655. The average molecular weight is 182 g/mol. The third-order valence-electron chi connectivity index (χ3n) is 2.33. The monoisotopic (exact) mass is 182 g/mol. The Balaban J connectivity index is 2.63. The molecule has 2 heterocycles. The molecule has 3 nitrogen and oxygen atoms in total. The largest absolute Gasteiger partial charge is 0.454 e. The number of nitrogens with one attached hydrogen (secondary N) is 1. The van der Waals surface area contributed by atoms with E-state index in [9.17, 15) is 0 Å². The molecule has 0 fully saturated rings. The molecule has 1 N–H and O–H groups in total. The molecule has 3 heteroatoms. The van der Waals surface area contributed by atoms with Crippen molar-refractivity contribution in [3.63, 3.8) is 0 Å². The molecule has 0 aliphatic carbocycles. The fourth-order valence-corrected chi connectivity index (χ4v) is 1.72. The van der Waals surface area contributed by atoms with Crippen LogP contribution in [0.5, 0.6) is 0 Å². The fraction of sp³-hybridized carbons (Fsp3) is 0. The Morgan fingerprint density at radius 2 is 2.07 bits per heavy atom. The van der Waals surface area contributed by atoms with E-state index in [2.05, 4.69) is 11.1 Å². The van der Waals surface area contributed by atoms with Gasteiger partial charge < -0.3 is 9.40 Å². The molecule has 0 amide bonds. The summed E-state index contributed by atoms with van der Waals surface area (Å²) < 4.78 is 5.55. The lowest BCUT2D eigenvalue weighted by atomic mass is 10.2. The highest BCUT2D eigenvalue weighted by Gasteiger charge is 2.11. The predicted octanol–water partition coefficient (Wildman–Crippen LogP) is 2.79. The van der Waals surface area contributed by atoms with Gasteiger partial charge in [-0.2, -0.15) is 5.26 Å². The number of benzene rings is 1. The van der Waals surface area contributed by atoms with Gasteiger partial charge in [-0.05, 0) is 6.07 Å². The van der Waals surface area contributed by atoms with E-state index in [4.69, 9.17) is 9.68 Å². The number of hydrogen-bond acceptors (Lipinski definition) is 2. The van der Waals surface area contributed by atoms with Gasteiger partial charge in [-0.1, -0.05) is 18.2 Å². The SMILES string of the molecule is N#Cc1[nH]cc2oc3ccccc3c12. The lowest BCUT2D eigenvalue weighted by molar-refractivity contribution is 0.668. The number of para-hydroxylation sites is 1. The minimum absolute atomic E-state index is 0.560. The number of nitriles is 1. The third-order valence-corrected chi connectivity index (χ3v) is 2.33. The molecule has 0 bridgehead atoms. The highest BCUT2D eigenvalue weighted by Crippen LogP contribution is 2.30. The van der Waals surface area contributed by atoms with Crippen LogP contribution in [0.3, 0.4) is 0 Å². The van der Waals surface area contributed by atoms with Gasteiger partial charge in [0.1, 0.15) is 17.3 Å². The Hall–Kier alpha value is -2.21. The van der Waals surface area contributed by atoms with Gasteiger partial charge in [-0.3, -0.25) is 0 Å². The van der Waals surface area contributed by atoms with Crippen LogP contribution in [0, 0.1) is 11.3 Å². The predicted molar refractivity (Wildman–Crippen MR) is 52.8 cm³/mol. The molecule has 0 radical (unpaired) electrons. The summed E-state index contributed by atoms with van der Waals surface area (Å²) in [6.45, 7) is 0. The molecule has 2 aromatic heterocycles. The summed E-state index contributed by atoms with van der Waals surface area (Å²) in [4.78, 5) is 2.88. The Labute approximate surface area is 79.6 Å². The molecule has 0 atom stereocenters. The second-order valence-electron chi connectivity index (χ2n) is 3.11. The van der Waals surface area contributed by atoms with Crippen molar-refractivity contribution in [1.29, 1.82) is 5.26 Å². The van der Waals surface area contributed by atoms with Crippen LogP contribution in [0.4, 0.5) is 0 Å². The van der Waals surface area contributed by atoms with E-state index in [0.29, 0.717) is 5.69 Å². The first kappa shape index (κ1) is 7.22. The molecule has 66 valence electrons. The summed E-state index contributed by atoms with van der Waals surface area (Å²) in [6, 6.07) is 9.82. The molecule has 0 saturated heterocycles. The van der Waals surface area contributed by atoms with Crippen LogP contribution < -0.4 is 0 Å². The highest BCUT2D eigenvalue weighted by molar-refractivity contribution is 6.07. The van der Waals surface area contributed by atoms with Crippen molar-refractivity contribution in [1.82, 2.24) is 4.98 Å². The summed E-state index contributed by atoms with van der Waals surface area (Å²) in [5.74, 6) is 0. The number of rotatable bonds is 0. The van der Waals surface area contributed by atoms with Crippen molar-refractivity contribution in [2.24, 2.45) is 0 Å². The third kappa shape index (κ3) is 0.748. The van der Waals surface area contributed by atoms with E-state index < -0.39 is 0 Å². The summed E-state index contributed by atoms with van der Waals surface area (Å²) in [6.07, 6.45) is 1.72. The van der Waals surface area contributed by atoms with Gasteiger partial charge in [-0.15, -0.1) is 0 Å². The molecule has 3 rings (SSSR count). The lowest BCUT2D eigenvalue weighted by Crippen LogP contribution is -1.71. The highest BCUT2D eigenvalue weighted by atomic mass is 16.3. The van der Waals surface area contributed by atoms with Crippen LogP contribution in [0.25, 0.3) is 21.9 Å². The summed E-state index contributed by atoms with van der Waals surface area (Å²) >= 11 is 0. The summed E-state index contributed by atoms with van der Waals surface area (Å²) in [5, 5.41) is 10.7. The van der Waals surface area contributed by atoms with Crippen molar-refractivity contribution in [3.05, 3.63) is 36.2 Å². The lowest BCUT2D eigenvalue weighted by Gasteiger charge is -1.86. The number of H-pyrrole nitrogens is 1. The van der Waals surface area contributed by atoms with E-state index in [-0.39, 0.29) is 0 Å². The second kappa shape index (κ2) is 2.39.